The molecular weight excluding hydrogens is 394 g/mol. The molecule has 1 fully saturated rings. The van der Waals surface area contributed by atoms with Crippen LogP contribution in [0.2, 0.25) is 0 Å². The van der Waals surface area contributed by atoms with E-state index in [4.69, 9.17) is 0 Å². The first-order chi connectivity index (χ1) is 12.1. The Morgan fingerprint density at radius 2 is 2.08 bits per heavy atom. The minimum Gasteiger partial charge on any atom is -0.346 e. The molecule has 0 radical (unpaired) electrons. The average Bonchev–Trinajstić information content (AvgIpc) is 3.05. The van der Waals surface area contributed by atoms with Crippen LogP contribution in [0.3, 0.4) is 0 Å². The quantitative estimate of drug-likeness (QED) is 0.788. The van der Waals surface area contributed by atoms with E-state index in [0.29, 0.717) is 30.7 Å². The third-order valence-corrected chi connectivity index (χ3v) is 6.51. The number of hydrogen-bond acceptors (Lipinski definition) is 5. The summed E-state index contributed by atoms with van der Waals surface area (Å²) in [4.78, 5) is 4.44. The second kappa shape index (κ2) is 7.12. The van der Waals surface area contributed by atoms with Crippen LogP contribution >= 0.6 is 11.3 Å². The summed E-state index contributed by atoms with van der Waals surface area (Å²) < 4.78 is 78.7. The van der Waals surface area contributed by atoms with Gasteiger partial charge in [0.25, 0.3) is 0 Å². The first-order valence-electron chi connectivity index (χ1n) is 7.71. The van der Waals surface area contributed by atoms with Crippen LogP contribution in [0, 0.1) is 5.82 Å². The standard InChI is InChI=1S/C15H15F4N3O2S2/c16-10-3-1-5-12(7-10)26(23,24)21-11-4-2-6-22(9-11)14-20-8-13(25-14)15(17,18)19/h1,3,5,7-8,11,21H,2,4,6,9H2. The molecule has 0 spiro atoms. The van der Waals surface area contributed by atoms with E-state index in [1.165, 1.54) is 12.1 Å². The minimum atomic E-state index is -4.45. The number of rotatable bonds is 4. The molecule has 3 rings (SSSR count). The lowest BCUT2D eigenvalue weighted by molar-refractivity contribution is -0.134. The van der Waals surface area contributed by atoms with Gasteiger partial charge < -0.3 is 4.90 Å². The monoisotopic (exact) mass is 409 g/mol. The van der Waals surface area contributed by atoms with E-state index in [9.17, 15) is 26.0 Å². The summed E-state index contributed by atoms with van der Waals surface area (Å²) in [5.74, 6) is -0.666. The molecule has 5 nitrogen and oxygen atoms in total. The Hall–Kier alpha value is -1.72. The van der Waals surface area contributed by atoms with Gasteiger partial charge in [-0.05, 0) is 31.0 Å². The Morgan fingerprint density at radius 3 is 2.73 bits per heavy atom. The molecule has 0 aliphatic carbocycles. The molecule has 1 atom stereocenters. The number of piperidine rings is 1. The summed E-state index contributed by atoms with van der Waals surface area (Å²) in [6, 6.07) is 4.13. The van der Waals surface area contributed by atoms with Crippen molar-refractivity contribution in [3.63, 3.8) is 0 Å². The fourth-order valence-corrected chi connectivity index (χ4v) is 4.82. The van der Waals surface area contributed by atoms with E-state index in [1.54, 1.807) is 4.90 Å². The van der Waals surface area contributed by atoms with Crippen molar-refractivity contribution in [3.8, 4) is 0 Å². The van der Waals surface area contributed by atoms with Gasteiger partial charge in [0.2, 0.25) is 10.0 Å². The molecule has 142 valence electrons. The lowest BCUT2D eigenvalue weighted by Crippen LogP contribution is -2.47. The molecule has 0 bridgehead atoms. The summed E-state index contributed by atoms with van der Waals surface area (Å²) in [5.41, 5.74) is 0. The Balaban J connectivity index is 1.71. The van der Waals surface area contributed by atoms with E-state index in [2.05, 4.69) is 9.71 Å². The lowest BCUT2D eigenvalue weighted by atomic mass is 10.1. The molecule has 1 saturated heterocycles. The van der Waals surface area contributed by atoms with E-state index in [-0.39, 0.29) is 16.6 Å². The minimum absolute atomic E-state index is 0.191. The van der Waals surface area contributed by atoms with Gasteiger partial charge in [0.15, 0.2) is 5.13 Å². The van der Waals surface area contributed by atoms with Crippen molar-refractivity contribution in [2.75, 3.05) is 18.0 Å². The number of nitrogens with one attached hydrogen (secondary N) is 1. The number of nitrogens with zero attached hydrogens (tertiary/aromatic N) is 2. The van der Waals surface area contributed by atoms with Crippen LogP contribution in [0.5, 0.6) is 0 Å². The van der Waals surface area contributed by atoms with Crippen LogP contribution in [0.4, 0.5) is 22.7 Å². The highest BCUT2D eigenvalue weighted by Gasteiger charge is 2.34. The molecule has 1 aromatic heterocycles. The van der Waals surface area contributed by atoms with Gasteiger partial charge in [0, 0.05) is 19.1 Å². The maximum Gasteiger partial charge on any atom is 0.427 e. The lowest BCUT2D eigenvalue weighted by Gasteiger charge is -2.32. The molecule has 1 unspecified atom stereocenters. The van der Waals surface area contributed by atoms with Crippen molar-refractivity contribution < 1.29 is 26.0 Å². The van der Waals surface area contributed by atoms with Gasteiger partial charge in [-0.1, -0.05) is 17.4 Å². The fourth-order valence-electron chi connectivity index (χ4n) is 2.71. The van der Waals surface area contributed by atoms with Crippen molar-refractivity contribution in [1.29, 1.82) is 0 Å². The molecular formula is C15H15F4N3O2S2. The fraction of sp³-hybridized carbons (Fsp3) is 0.400. The Bertz CT molecular complexity index is 883. The van der Waals surface area contributed by atoms with E-state index < -0.39 is 32.9 Å². The van der Waals surface area contributed by atoms with Crippen LogP contribution in [-0.4, -0.2) is 32.5 Å². The summed E-state index contributed by atoms with van der Waals surface area (Å²) in [5, 5.41) is 0.201. The number of halogens is 4. The molecule has 1 aliphatic heterocycles. The molecule has 1 N–H and O–H groups in total. The van der Waals surface area contributed by atoms with Gasteiger partial charge in [-0.15, -0.1) is 0 Å². The number of benzene rings is 1. The summed E-state index contributed by atoms with van der Waals surface area (Å²) >= 11 is 0.528. The van der Waals surface area contributed by atoms with Crippen molar-refractivity contribution in [2.45, 2.75) is 30.0 Å². The first kappa shape index (κ1) is 19.1. The Labute approximate surface area is 151 Å². The maximum atomic E-state index is 13.3. The second-order valence-corrected chi connectivity index (χ2v) is 8.59. The topological polar surface area (TPSA) is 62.3 Å². The van der Waals surface area contributed by atoms with Gasteiger partial charge >= 0.3 is 6.18 Å². The third kappa shape index (κ3) is 4.33. The zero-order valence-corrected chi connectivity index (χ0v) is 15.0. The number of thiazole rings is 1. The van der Waals surface area contributed by atoms with Crippen LogP contribution in [0.1, 0.15) is 17.7 Å². The predicted molar refractivity (Wildman–Crippen MR) is 89.1 cm³/mol. The van der Waals surface area contributed by atoms with Crippen molar-refractivity contribution in [3.05, 3.63) is 41.2 Å². The molecule has 0 saturated carbocycles. The molecule has 26 heavy (non-hydrogen) atoms. The van der Waals surface area contributed by atoms with Crippen LogP contribution in [-0.2, 0) is 16.2 Å². The van der Waals surface area contributed by atoms with Crippen LogP contribution in [0.15, 0.2) is 35.4 Å². The number of alkyl halides is 3. The molecule has 2 aromatic rings. The van der Waals surface area contributed by atoms with Crippen molar-refractivity contribution in [1.82, 2.24) is 9.71 Å². The van der Waals surface area contributed by atoms with Gasteiger partial charge in [0.05, 0.1) is 11.1 Å². The summed E-state index contributed by atoms with van der Waals surface area (Å²) in [6.45, 7) is 0.683. The zero-order valence-electron chi connectivity index (χ0n) is 13.3. The maximum absolute atomic E-state index is 13.3. The highest BCUT2D eigenvalue weighted by molar-refractivity contribution is 7.89. The number of hydrogen-bond donors (Lipinski definition) is 1. The first-order valence-corrected chi connectivity index (χ1v) is 10.0. The van der Waals surface area contributed by atoms with Crippen LogP contribution < -0.4 is 9.62 Å². The summed E-state index contributed by atoms with van der Waals surface area (Å²) in [6.07, 6.45) is -2.55. The Morgan fingerprint density at radius 1 is 1.31 bits per heavy atom. The predicted octanol–water partition coefficient (Wildman–Crippen LogP) is 3.25. The highest BCUT2D eigenvalue weighted by Crippen LogP contribution is 2.36. The van der Waals surface area contributed by atoms with E-state index in [0.717, 1.165) is 18.3 Å². The SMILES string of the molecule is O=S(=O)(NC1CCCN(c2ncc(C(F)(F)F)s2)C1)c1cccc(F)c1. The molecule has 1 aromatic carbocycles. The average molecular weight is 409 g/mol. The zero-order chi connectivity index (χ0) is 18.9. The molecule has 1 aliphatic rings. The van der Waals surface area contributed by atoms with Gasteiger partial charge in [-0.3, -0.25) is 0 Å². The van der Waals surface area contributed by atoms with Crippen molar-refractivity contribution in [2.24, 2.45) is 0 Å². The largest absolute Gasteiger partial charge is 0.427 e. The number of aromatic nitrogens is 1. The number of sulfonamides is 1. The molecule has 2 heterocycles. The summed E-state index contributed by atoms with van der Waals surface area (Å²) in [7, 11) is -3.92. The van der Waals surface area contributed by atoms with Crippen molar-refractivity contribution >= 4 is 26.5 Å². The van der Waals surface area contributed by atoms with Crippen LogP contribution in [0.25, 0.3) is 0 Å². The smallest absolute Gasteiger partial charge is 0.346 e. The van der Waals surface area contributed by atoms with Gasteiger partial charge in [-0.2, -0.15) is 13.2 Å². The molecule has 11 heteroatoms. The van der Waals surface area contributed by atoms with Gasteiger partial charge in [0.1, 0.15) is 10.7 Å². The van der Waals surface area contributed by atoms with Gasteiger partial charge in [-0.25, -0.2) is 22.5 Å². The normalized spacial score (nSPS) is 18.9. The Kier molecular flexibility index (Phi) is 5.22. The molecule has 0 amide bonds. The number of anilines is 1. The van der Waals surface area contributed by atoms with E-state index >= 15 is 0 Å². The van der Waals surface area contributed by atoms with E-state index in [1.807, 2.05) is 0 Å². The second-order valence-electron chi connectivity index (χ2n) is 5.87. The highest BCUT2D eigenvalue weighted by atomic mass is 32.2. The third-order valence-electron chi connectivity index (χ3n) is 3.89.